The first kappa shape index (κ1) is 28.5. The number of hydrogen-bond donors (Lipinski definition) is 1. The Hall–Kier alpha value is 0.316. The summed E-state index contributed by atoms with van der Waals surface area (Å²) in [5.74, 6) is -1.03. The number of unbranched alkanes of at least 4 members (excludes halogenated alkanes) is 11. The van der Waals surface area contributed by atoms with Gasteiger partial charge in [-0.05, 0) is 32.1 Å². The molecule has 0 rings (SSSR count). The number of allylic oxidation sites excluding steroid dienone is 2. The average molecular weight is 394 g/mol. The molecule has 1 amide bonds. The van der Waals surface area contributed by atoms with Gasteiger partial charge in [0.25, 0.3) is 0 Å². The Morgan fingerprint density at radius 3 is 1.77 bits per heavy atom. The summed E-state index contributed by atoms with van der Waals surface area (Å²) in [5.41, 5.74) is 0. The standard InChI is InChI=1S/C21H39NO3.K.H/c1-3-4-5-6-7-8-9-10-11-12-13-14-15-16-17-18-20(23)22(2)19-21(24)25;;/h10-11H,3-9,12-19H2,1-2H3,(H,24,25);;. The summed E-state index contributed by atoms with van der Waals surface area (Å²) in [7, 11) is 1.55. The van der Waals surface area contributed by atoms with E-state index in [-0.39, 0.29) is 63.8 Å². The van der Waals surface area contributed by atoms with E-state index in [2.05, 4.69) is 19.1 Å². The fraction of sp³-hybridized carbons (Fsp3) is 0.810. The molecule has 0 aromatic carbocycles. The zero-order valence-electron chi connectivity index (χ0n) is 16.5. The molecule has 0 aliphatic rings. The monoisotopic (exact) mass is 393 g/mol. The third kappa shape index (κ3) is 20.6. The van der Waals surface area contributed by atoms with Crippen LogP contribution in [0.1, 0.15) is 96.8 Å². The number of aliphatic carboxylic acids is 1. The number of likely N-dealkylation sites (N-methyl/N-ethyl adjacent to an activating group) is 1. The summed E-state index contributed by atoms with van der Waals surface area (Å²) in [5, 5.41) is 8.64. The third-order valence-corrected chi connectivity index (χ3v) is 4.45. The van der Waals surface area contributed by atoms with Crippen LogP contribution in [0.15, 0.2) is 12.2 Å². The number of rotatable bonds is 17. The predicted molar refractivity (Wildman–Crippen MR) is 112 cm³/mol. The summed E-state index contributed by atoms with van der Waals surface area (Å²) in [6, 6.07) is 0. The van der Waals surface area contributed by atoms with Crippen molar-refractivity contribution in [2.45, 2.75) is 96.8 Å². The normalized spacial score (nSPS) is 10.7. The van der Waals surface area contributed by atoms with Crippen molar-refractivity contribution < 1.29 is 14.7 Å². The molecule has 0 aromatic rings. The fourth-order valence-electron chi connectivity index (χ4n) is 2.83. The maximum atomic E-state index is 11.7. The van der Waals surface area contributed by atoms with E-state index in [1.807, 2.05) is 0 Å². The number of carbonyl (C=O) groups excluding carboxylic acids is 1. The number of hydrogen-bond acceptors (Lipinski definition) is 2. The van der Waals surface area contributed by atoms with Crippen LogP contribution >= 0.6 is 0 Å². The molecule has 0 bridgehead atoms. The van der Waals surface area contributed by atoms with Gasteiger partial charge in [-0.3, -0.25) is 9.59 Å². The van der Waals surface area contributed by atoms with E-state index >= 15 is 0 Å². The Morgan fingerprint density at radius 1 is 0.808 bits per heavy atom. The summed E-state index contributed by atoms with van der Waals surface area (Å²) < 4.78 is 0. The minimum atomic E-state index is -0.958. The van der Waals surface area contributed by atoms with Gasteiger partial charge < -0.3 is 10.0 Å². The molecule has 4 nitrogen and oxygen atoms in total. The van der Waals surface area contributed by atoms with Crippen LogP contribution in [-0.4, -0.2) is 86.9 Å². The van der Waals surface area contributed by atoms with Crippen molar-refractivity contribution in [1.29, 1.82) is 0 Å². The van der Waals surface area contributed by atoms with Crippen molar-refractivity contribution in [3.05, 3.63) is 12.2 Å². The SMILES string of the molecule is CCCCCCCCC=CCCCCCCCC(=O)N(C)CC(=O)O.[KH]. The van der Waals surface area contributed by atoms with Crippen LogP contribution in [0.3, 0.4) is 0 Å². The molecule has 0 radical (unpaired) electrons. The summed E-state index contributed by atoms with van der Waals surface area (Å²) >= 11 is 0. The quantitative estimate of drug-likeness (QED) is 0.217. The molecule has 5 heteroatoms. The van der Waals surface area contributed by atoms with Crippen molar-refractivity contribution in [1.82, 2.24) is 4.90 Å². The van der Waals surface area contributed by atoms with Gasteiger partial charge in [0.1, 0.15) is 6.54 Å². The van der Waals surface area contributed by atoms with E-state index in [9.17, 15) is 9.59 Å². The first-order valence-corrected chi connectivity index (χ1v) is 10.2. The predicted octanol–water partition coefficient (Wildman–Crippen LogP) is 4.92. The Morgan fingerprint density at radius 2 is 1.27 bits per heavy atom. The molecule has 0 spiro atoms. The van der Waals surface area contributed by atoms with Gasteiger partial charge in [-0.25, -0.2) is 0 Å². The topological polar surface area (TPSA) is 57.6 Å². The molecule has 0 aliphatic heterocycles. The number of nitrogens with zero attached hydrogens (tertiary/aromatic N) is 1. The van der Waals surface area contributed by atoms with Crippen LogP contribution in [0.2, 0.25) is 0 Å². The van der Waals surface area contributed by atoms with E-state index in [1.54, 1.807) is 7.05 Å². The van der Waals surface area contributed by atoms with Crippen LogP contribution in [-0.2, 0) is 9.59 Å². The Balaban J connectivity index is 0. The number of carboxylic acids is 1. The van der Waals surface area contributed by atoms with Crippen LogP contribution in [0, 0.1) is 0 Å². The first-order valence-electron chi connectivity index (χ1n) is 10.2. The molecular formula is C21H40KNO3. The van der Waals surface area contributed by atoms with Crippen molar-refractivity contribution in [3.8, 4) is 0 Å². The van der Waals surface area contributed by atoms with Gasteiger partial charge in [-0.15, -0.1) is 0 Å². The van der Waals surface area contributed by atoms with Crippen molar-refractivity contribution in [3.63, 3.8) is 0 Å². The first-order chi connectivity index (χ1) is 12.1. The van der Waals surface area contributed by atoms with Crippen LogP contribution in [0.5, 0.6) is 0 Å². The Labute approximate surface area is 203 Å². The van der Waals surface area contributed by atoms with Gasteiger partial charge in [0.2, 0.25) is 5.91 Å². The summed E-state index contributed by atoms with van der Waals surface area (Å²) in [6.45, 7) is 2.05. The van der Waals surface area contributed by atoms with Crippen molar-refractivity contribution >= 4 is 63.3 Å². The molecule has 26 heavy (non-hydrogen) atoms. The number of carboxylic acid groups (broad SMARTS) is 1. The molecule has 148 valence electrons. The van der Waals surface area contributed by atoms with E-state index in [0.717, 1.165) is 25.7 Å². The second kappa shape index (κ2) is 21.6. The molecule has 0 saturated heterocycles. The molecule has 1 N–H and O–H groups in total. The molecule has 0 aromatic heterocycles. The van der Waals surface area contributed by atoms with Gasteiger partial charge in [-0.1, -0.05) is 70.4 Å². The van der Waals surface area contributed by atoms with E-state index in [4.69, 9.17) is 5.11 Å². The zero-order valence-corrected chi connectivity index (χ0v) is 16.5. The molecule has 0 fully saturated rings. The second-order valence-electron chi connectivity index (χ2n) is 6.98. The third-order valence-electron chi connectivity index (χ3n) is 4.45. The van der Waals surface area contributed by atoms with Crippen LogP contribution in [0.25, 0.3) is 0 Å². The fourth-order valence-corrected chi connectivity index (χ4v) is 2.83. The van der Waals surface area contributed by atoms with Crippen molar-refractivity contribution in [2.75, 3.05) is 13.6 Å². The van der Waals surface area contributed by atoms with Crippen LogP contribution in [0.4, 0.5) is 0 Å². The Bertz CT molecular complexity index is 372. The molecular weight excluding hydrogens is 353 g/mol. The Kier molecular flexibility index (Phi) is 23.7. The van der Waals surface area contributed by atoms with Gasteiger partial charge in [0.05, 0.1) is 0 Å². The van der Waals surface area contributed by atoms with Gasteiger partial charge in [0.15, 0.2) is 0 Å². The molecule has 0 atom stereocenters. The molecule has 0 aliphatic carbocycles. The van der Waals surface area contributed by atoms with E-state index < -0.39 is 5.97 Å². The minimum absolute atomic E-state index is 0. The molecule has 0 unspecified atom stereocenters. The summed E-state index contributed by atoms with van der Waals surface area (Å²) in [4.78, 5) is 23.5. The molecule has 0 saturated carbocycles. The summed E-state index contributed by atoms with van der Waals surface area (Å²) in [6.07, 6.45) is 21.1. The zero-order chi connectivity index (χ0) is 18.8. The number of carbonyl (C=O) groups is 2. The molecule has 0 heterocycles. The van der Waals surface area contributed by atoms with Gasteiger partial charge in [0, 0.05) is 13.5 Å². The average Bonchev–Trinajstić information content (AvgIpc) is 2.57. The maximum absolute atomic E-state index is 11.7. The second-order valence-corrected chi connectivity index (χ2v) is 6.98. The van der Waals surface area contributed by atoms with Crippen LogP contribution < -0.4 is 0 Å². The number of amides is 1. The van der Waals surface area contributed by atoms with E-state index in [0.29, 0.717) is 6.42 Å². The van der Waals surface area contributed by atoms with Gasteiger partial charge in [-0.2, -0.15) is 0 Å². The van der Waals surface area contributed by atoms with Gasteiger partial charge >= 0.3 is 57.4 Å². The van der Waals surface area contributed by atoms with Crippen molar-refractivity contribution in [2.24, 2.45) is 0 Å². The van der Waals surface area contributed by atoms with E-state index in [1.165, 1.54) is 62.7 Å².